The zero-order chi connectivity index (χ0) is 20.4. The zero-order valence-corrected chi connectivity index (χ0v) is 16.2. The van der Waals surface area contributed by atoms with Crippen molar-refractivity contribution in [3.63, 3.8) is 0 Å². The van der Waals surface area contributed by atoms with E-state index < -0.39 is 17.5 Å². The van der Waals surface area contributed by atoms with E-state index in [0.717, 1.165) is 18.4 Å². The van der Waals surface area contributed by atoms with Crippen LogP contribution in [0.25, 0.3) is 0 Å². The lowest BCUT2D eigenvalue weighted by molar-refractivity contribution is -0.122. The van der Waals surface area contributed by atoms with Crippen LogP contribution in [0.1, 0.15) is 40.7 Å². The van der Waals surface area contributed by atoms with Gasteiger partial charge in [-0.3, -0.25) is 14.4 Å². The van der Waals surface area contributed by atoms with Gasteiger partial charge in [0.15, 0.2) is 11.5 Å². The average Bonchev–Trinajstić information content (AvgIpc) is 3.07. The first kappa shape index (κ1) is 19.0. The Labute approximate surface area is 167 Å². The van der Waals surface area contributed by atoms with Gasteiger partial charge in [0.25, 0.3) is 11.5 Å². The summed E-state index contributed by atoms with van der Waals surface area (Å²) in [7, 11) is 0. The molecule has 2 N–H and O–H groups in total. The first-order valence-electron chi connectivity index (χ1n) is 9.70. The average molecular weight is 397 g/mol. The Hall–Kier alpha value is -3.29. The maximum absolute atomic E-state index is 13.0. The summed E-state index contributed by atoms with van der Waals surface area (Å²) in [4.78, 5) is 38.0. The molecule has 1 fully saturated rings. The summed E-state index contributed by atoms with van der Waals surface area (Å²) in [6.45, 7) is 2.80. The fraction of sp³-hybridized carbons (Fsp3) is 0.381. The Bertz CT molecular complexity index is 1010. The van der Waals surface area contributed by atoms with Gasteiger partial charge in [-0.15, -0.1) is 0 Å². The van der Waals surface area contributed by atoms with Crippen LogP contribution >= 0.6 is 0 Å². The van der Waals surface area contributed by atoms with Crippen LogP contribution in [0.2, 0.25) is 0 Å². The summed E-state index contributed by atoms with van der Waals surface area (Å²) < 4.78 is 12.2. The second kappa shape index (κ2) is 7.98. The summed E-state index contributed by atoms with van der Waals surface area (Å²) in [6.07, 6.45) is 3.95. The quantitative estimate of drug-likeness (QED) is 0.811. The van der Waals surface area contributed by atoms with Gasteiger partial charge in [0.1, 0.15) is 11.6 Å². The van der Waals surface area contributed by atoms with Crippen molar-refractivity contribution >= 4 is 11.8 Å². The van der Waals surface area contributed by atoms with E-state index in [1.54, 1.807) is 25.3 Å². The fourth-order valence-corrected chi connectivity index (χ4v) is 3.61. The van der Waals surface area contributed by atoms with E-state index in [-0.39, 0.29) is 18.3 Å². The molecular formula is C21H23N3O5. The molecule has 1 aromatic heterocycles. The number of carbonyl (C=O) groups excluding carboxylic acids is 2. The van der Waals surface area contributed by atoms with E-state index in [1.165, 1.54) is 4.57 Å². The minimum atomic E-state index is -0.619. The molecule has 1 atom stereocenters. The molecule has 0 radical (unpaired) electrons. The molecule has 29 heavy (non-hydrogen) atoms. The maximum Gasteiger partial charge on any atom is 0.263 e. The lowest BCUT2D eigenvalue weighted by Crippen LogP contribution is -2.47. The molecule has 4 rings (SSSR count). The number of aromatic nitrogens is 1. The van der Waals surface area contributed by atoms with Gasteiger partial charge in [0, 0.05) is 12.7 Å². The highest BCUT2D eigenvalue weighted by atomic mass is 16.7. The molecular weight excluding hydrogens is 374 g/mol. The lowest BCUT2D eigenvalue weighted by atomic mass is 10.1. The van der Waals surface area contributed by atoms with Crippen LogP contribution in [-0.2, 0) is 11.3 Å². The number of hydrogen-bond acceptors (Lipinski definition) is 5. The fourth-order valence-electron chi connectivity index (χ4n) is 3.61. The number of pyridine rings is 1. The van der Waals surface area contributed by atoms with Crippen molar-refractivity contribution in [1.29, 1.82) is 0 Å². The minimum Gasteiger partial charge on any atom is -0.454 e. The number of amides is 2. The van der Waals surface area contributed by atoms with Crippen molar-refractivity contribution in [3.05, 3.63) is 57.5 Å². The summed E-state index contributed by atoms with van der Waals surface area (Å²) >= 11 is 0. The van der Waals surface area contributed by atoms with Gasteiger partial charge in [0.05, 0.1) is 6.54 Å². The summed E-state index contributed by atoms with van der Waals surface area (Å²) in [6, 6.07) is 6.59. The second-order valence-electron chi connectivity index (χ2n) is 7.31. The predicted molar refractivity (Wildman–Crippen MR) is 105 cm³/mol. The highest BCUT2D eigenvalue weighted by Gasteiger charge is 2.25. The Balaban J connectivity index is 1.57. The Morgan fingerprint density at radius 3 is 2.90 bits per heavy atom. The van der Waals surface area contributed by atoms with Gasteiger partial charge < -0.3 is 24.7 Å². The van der Waals surface area contributed by atoms with Gasteiger partial charge in [-0.1, -0.05) is 6.07 Å². The molecule has 1 saturated heterocycles. The van der Waals surface area contributed by atoms with Crippen molar-refractivity contribution < 1.29 is 19.1 Å². The Morgan fingerprint density at radius 2 is 2.03 bits per heavy atom. The SMILES string of the molecule is Cc1ccn(Cc2ccc3c(c2)OCO3)c(=O)c1C(=O)NC1CCCCNC1=O. The van der Waals surface area contributed by atoms with E-state index in [1.807, 2.05) is 12.1 Å². The van der Waals surface area contributed by atoms with Gasteiger partial charge >= 0.3 is 0 Å². The van der Waals surface area contributed by atoms with Gasteiger partial charge in [-0.2, -0.15) is 0 Å². The smallest absolute Gasteiger partial charge is 0.263 e. The number of carbonyl (C=O) groups is 2. The van der Waals surface area contributed by atoms with Crippen LogP contribution in [0.3, 0.4) is 0 Å². The number of nitrogens with zero attached hydrogens (tertiary/aromatic N) is 1. The second-order valence-corrected chi connectivity index (χ2v) is 7.31. The third kappa shape index (κ3) is 3.96. The third-order valence-corrected chi connectivity index (χ3v) is 5.23. The first-order chi connectivity index (χ1) is 14.0. The minimum absolute atomic E-state index is 0.0605. The molecule has 8 nitrogen and oxygen atoms in total. The highest BCUT2D eigenvalue weighted by Crippen LogP contribution is 2.32. The molecule has 0 spiro atoms. The molecule has 1 unspecified atom stereocenters. The molecule has 8 heteroatoms. The van der Waals surface area contributed by atoms with Crippen LogP contribution in [0.15, 0.2) is 35.3 Å². The van der Waals surface area contributed by atoms with Crippen LogP contribution in [0.5, 0.6) is 11.5 Å². The third-order valence-electron chi connectivity index (χ3n) is 5.23. The number of nitrogens with one attached hydrogen (secondary N) is 2. The maximum atomic E-state index is 13.0. The van der Waals surface area contributed by atoms with Crippen molar-refractivity contribution in [2.45, 2.75) is 38.8 Å². The highest BCUT2D eigenvalue weighted by molar-refractivity contribution is 5.98. The predicted octanol–water partition coefficient (Wildman–Crippen LogP) is 1.33. The molecule has 0 saturated carbocycles. The largest absolute Gasteiger partial charge is 0.454 e. The van der Waals surface area contributed by atoms with E-state index in [2.05, 4.69) is 10.6 Å². The number of hydrogen-bond donors (Lipinski definition) is 2. The van der Waals surface area contributed by atoms with Crippen LogP contribution in [0.4, 0.5) is 0 Å². The monoisotopic (exact) mass is 397 g/mol. The Morgan fingerprint density at radius 1 is 1.21 bits per heavy atom. The van der Waals surface area contributed by atoms with Crippen molar-refractivity contribution in [2.75, 3.05) is 13.3 Å². The normalized spacial score (nSPS) is 18.1. The van der Waals surface area contributed by atoms with E-state index >= 15 is 0 Å². The number of fused-ring (bicyclic) bond motifs is 1. The Kier molecular flexibility index (Phi) is 5.24. The molecule has 3 heterocycles. The topological polar surface area (TPSA) is 98.7 Å². The number of rotatable bonds is 4. The molecule has 2 amide bonds. The molecule has 0 bridgehead atoms. The van der Waals surface area contributed by atoms with E-state index in [4.69, 9.17) is 9.47 Å². The van der Waals surface area contributed by atoms with Crippen molar-refractivity contribution in [1.82, 2.24) is 15.2 Å². The van der Waals surface area contributed by atoms with Crippen LogP contribution in [0, 0.1) is 6.92 Å². The van der Waals surface area contributed by atoms with Gasteiger partial charge in [-0.25, -0.2) is 0 Å². The molecule has 0 aliphatic carbocycles. The number of ether oxygens (including phenoxy) is 2. The van der Waals surface area contributed by atoms with E-state index in [0.29, 0.717) is 36.6 Å². The summed E-state index contributed by atoms with van der Waals surface area (Å²) in [5.74, 6) is 0.589. The molecule has 152 valence electrons. The van der Waals surface area contributed by atoms with Crippen molar-refractivity contribution in [2.24, 2.45) is 0 Å². The standard InChI is InChI=1S/C21H23N3O5/c1-13-7-9-24(11-14-5-6-16-17(10-14)29-12-28-16)21(27)18(13)20(26)23-15-4-2-3-8-22-19(15)25/h5-7,9-10,15H,2-4,8,11-12H2,1H3,(H,22,25)(H,23,26). The van der Waals surface area contributed by atoms with Crippen LogP contribution in [-0.4, -0.2) is 35.8 Å². The van der Waals surface area contributed by atoms with E-state index in [9.17, 15) is 14.4 Å². The molecule has 2 aliphatic heterocycles. The molecule has 2 aliphatic rings. The number of aryl methyl sites for hydroxylation is 1. The lowest BCUT2D eigenvalue weighted by Gasteiger charge is -2.16. The summed E-state index contributed by atoms with van der Waals surface area (Å²) in [5, 5.41) is 5.52. The summed E-state index contributed by atoms with van der Waals surface area (Å²) in [5.41, 5.74) is 1.10. The van der Waals surface area contributed by atoms with Gasteiger partial charge in [-0.05, 0) is 55.5 Å². The molecule has 1 aromatic carbocycles. The van der Waals surface area contributed by atoms with Crippen LogP contribution < -0.4 is 25.7 Å². The molecule has 2 aromatic rings. The van der Waals surface area contributed by atoms with Crippen molar-refractivity contribution in [3.8, 4) is 11.5 Å². The zero-order valence-electron chi connectivity index (χ0n) is 16.2. The first-order valence-corrected chi connectivity index (χ1v) is 9.70. The van der Waals surface area contributed by atoms with Gasteiger partial charge in [0.2, 0.25) is 12.7 Å². The number of benzene rings is 1.